The molecule has 5 heteroatoms. The van der Waals surface area contributed by atoms with Crippen LogP contribution >= 0.6 is 35.7 Å². The zero-order valence-electron chi connectivity index (χ0n) is 11.3. The number of rotatable bonds is 2. The fourth-order valence-corrected chi connectivity index (χ4v) is 4.98. The van der Waals surface area contributed by atoms with Crippen molar-refractivity contribution in [2.24, 2.45) is 0 Å². The summed E-state index contributed by atoms with van der Waals surface area (Å²) in [5.41, 5.74) is 1.20. The van der Waals surface area contributed by atoms with Crippen LogP contribution in [0.3, 0.4) is 0 Å². The number of thioether (sulfide) groups is 2. The number of H-pyrrole nitrogens is 1. The molecule has 1 aromatic rings. The number of nitrogens with zero attached hydrogens (tertiary/aromatic N) is 1. The molecule has 3 atom stereocenters. The Morgan fingerprint density at radius 1 is 1.39 bits per heavy atom. The Morgan fingerprint density at radius 3 is 2.72 bits per heavy atom. The summed E-state index contributed by atoms with van der Waals surface area (Å²) >= 11 is 9.33. The monoisotopic (exact) mass is 300 g/mol. The van der Waals surface area contributed by atoms with Crippen LogP contribution in [0.1, 0.15) is 50.4 Å². The Hall–Kier alpha value is -0.0000000000000000555. The maximum atomic E-state index is 5.28. The summed E-state index contributed by atoms with van der Waals surface area (Å²) in [7, 11) is 0. The predicted molar refractivity (Wildman–Crippen MR) is 85.2 cm³/mol. The Balaban J connectivity index is 2.25. The Labute approximate surface area is 123 Å². The van der Waals surface area contributed by atoms with Crippen molar-refractivity contribution in [2.75, 3.05) is 5.75 Å². The van der Waals surface area contributed by atoms with Gasteiger partial charge >= 0.3 is 0 Å². The van der Waals surface area contributed by atoms with E-state index in [-0.39, 0.29) is 0 Å². The molecule has 0 bridgehead atoms. The third kappa shape index (κ3) is 3.31. The van der Waals surface area contributed by atoms with Crippen LogP contribution in [0.5, 0.6) is 0 Å². The molecule has 100 valence electrons. The van der Waals surface area contributed by atoms with Crippen LogP contribution in [0.2, 0.25) is 0 Å². The second-order valence-electron chi connectivity index (χ2n) is 5.08. The molecule has 0 amide bonds. The molecule has 2 rings (SSSR count). The Kier molecular flexibility index (Phi) is 4.78. The van der Waals surface area contributed by atoms with E-state index in [1.807, 2.05) is 29.6 Å². The molecule has 3 unspecified atom stereocenters. The lowest BCUT2D eigenvalue weighted by Crippen LogP contribution is -2.23. The summed E-state index contributed by atoms with van der Waals surface area (Å²) in [5, 5.41) is 1.84. The van der Waals surface area contributed by atoms with Crippen molar-refractivity contribution in [1.29, 1.82) is 0 Å². The van der Waals surface area contributed by atoms with Gasteiger partial charge < -0.3 is 4.98 Å². The Morgan fingerprint density at radius 2 is 2.11 bits per heavy atom. The fourth-order valence-electron chi connectivity index (χ4n) is 1.89. The average molecular weight is 301 g/mol. The molecule has 18 heavy (non-hydrogen) atoms. The number of hydrogen-bond acceptors (Lipinski definition) is 4. The number of nitrogens with one attached hydrogen (secondary N) is 1. The van der Waals surface area contributed by atoms with Crippen molar-refractivity contribution >= 4 is 35.7 Å². The van der Waals surface area contributed by atoms with E-state index in [0.717, 1.165) is 16.8 Å². The van der Waals surface area contributed by atoms with Crippen LogP contribution in [-0.2, 0) is 0 Å². The van der Waals surface area contributed by atoms with Gasteiger partial charge in [0.05, 0.1) is 5.25 Å². The minimum absolute atomic E-state index is 0.446. The highest BCUT2D eigenvalue weighted by Crippen LogP contribution is 2.43. The third-order valence-electron chi connectivity index (χ3n) is 3.26. The van der Waals surface area contributed by atoms with E-state index in [1.54, 1.807) is 0 Å². The molecule has 1 N–H and O–H groups in total. The maximum Gasteiger partial charge on any atom is 0.130 e. The highest BCUT2D eigenvalue weighted by Gasteiger charge is 2.28. The van der Waals surface area contributed by atoms with E-state index in [9.17, 15) is 0 Å². The van der Waals surface area contributed by atoms with Gasteiger partial charge in [-0.3, -0.25) is 0 Å². The molecule has 0 saturated carbocycles. The highest BCUT2D eigenvalue weighted by molar-refractivity contribution is 8.07. The fraction of sp³-hybridized carbons (Fsp3) is 0.692. The zero-order valence-corrected chi connectivity index (χ0v) is 13.7. The van der Waals surface area contributed by atoms with Gasteiger partial charge in [-0.15, -0.1) is 11.8 Å². The van der Waals surface area contributed by atoms with Gasteiger partial charge in [0.2, 0.25) is 0 Å². The summed E-state index contributed by atoms with van der Waals surface area (Å²) in [4.78, 5) is 8.00. The van der Waals surface area contributed by atoms with Crippen molar-refractivity contribution in [1.82, 2.24) is 9.97 Å². The smallest absolute Gasteiger partial charge is 0.130 e. The molecule has 2 heterocycles. The molecule has 1 saturated heterocycles. The maximum absolute atomic E-state index is 5.28. The molecular formula is C13H20N2S3. The van der Waals surface area contributed by atoms with Gasteiger partial charge in [0.1, 0.15) is 10.5 Å². The minimum atomic E-state index is 0.446. The first-order valence-electron chi connectivity index (χ1n) is 6.35. The lowest BCUT2D eigenvalue weighted by atomic mass is 10.1. The van der Waals surface area contributed by atoms with E-state index in [2.05, 4.69) is 37.7 Å². The summed E-state index contributed by atoms with van der Waals surface area (Å²) in [6, 6.07) is 1.98. The van der Waals surface area contributed by atoms with Crippen LogP contribution < -0.4 is 0 Å². The van der Waals surface area contributed by atoms with Gasteiger partial charge in [-0.1, -0.05) is 39.9 Å². The molecule has 0 aliphatic carbocycles. The third-order valence-corrected chi connectivity index (χ3v) is 6.87. The summed E-state index contributed by atoms with van der Waals surface area (Å²) in [6.45, 7) is 8.96. The van der Waals surface area contributed by atoms with Gasteiger partial charge in [0.25, 0.3) is 0 Å². The normalized spacial score (nSPS) is 28.6. The highest BCUT2D eigenvalue weighted by atomic mass is 32.2. The summed E-state index contributed by atoms with van der Waals surface area (Å²) in [5.74, 6) is 2.64. The number of hydrogen-bond donors (Lipinski definition) is 1. The standard InChI is InChI=1S/C13H20N2S3/c1-7(2)10-5-12(16)15-13(14-10)11-6-17-8(3)9(4)18-11/h5,7-9,11H,6H2,1-4H3,(H,14,15,16). The van der Waals surface area contributed by atoms with E-state index >= 15 is 0 Å². The van der Waals surface area contributed by atoms with Crippen LogP contribution in [-0.4, -0.2) is 26.2 Å². The minimum Gasteiger partial charge on any atom is -0.346 e. The topological polar surface area (TPSA) is 28.7 Å². The van der Waals surface area contributed by atoms with Gasteiger partial charge in [0.15, 0.2) is 0 Å². The second-order valence-corrected chi connectivity index (χ2v) is 8.50. The quantitative estimate of drug-likeness (QED) is 0.811. The van der Waals surface area contributed by atoms with Crippen molar-refractivity contribution in [2.45, 2.75) is 49.4 Å². The number of aromatic amines is 1. The molecule has 0 spiro atoms. The molecule has 1 fully saturated rings. The van der Waals surface area contributed by atoms with E-state index in [1.165, 1.54) is 5.69 Å². The molecule has 1 aliphatic heterocycles. The number of aromatic nitrogens is 2. The molecule has 1 aromatic heterocycles. The van der Waals surface area contributed by atoms with Gasteiger partial charge in [-0.05, 0) is 12.0 Å². The molecule has 2 nitrogen and oxygen atoms in total. The van der Waals surface area contributed by atoms with E-state index in [4.69, 9.17) is 12.2 Å². The first-order valence-corrected chi connectivity index (χ1v) is 8.75. The molecule has 0 aromatic carbocycles. The van der Waals surface area contributed by atoms with Crippen LogP contribution in [0.4, 0.5) is 0 Å². The van der Waals surface area contributed by atoms with Gasteiger partial charge in [-0.2, -0.15) is 11.8 Å². The first-order chi connectivity index (χ1) is 8.47. The van der Waals surface area contributed by atoms with E-state index in [0.29, 0.717) is 21.1 Å². The summed E-state index contributed by atoms with van der Waals surface area (Å²) < 4.78 is 0.712. The average Bonchev–Trinajstić information content (AvgIpc) is 2.31. The largest absolute Gasteiger partial charge is 0.346 e. The predicted octanol–water partition coefficient (Wildman–Crippen LogP) is 4.56. The lowest BCUT2D eigenvalue weighted by molar-refractivity contribution is 0.775. The lowest BCUT2D eigenvalue weighted by Gasteiger charge is -2.30. The van der Waals surface area contributed by atoms with Crippen LogP contribution in [0, 0.1) is 4.64 Å². The molecular weight excluding hydrogens is 280 g/mol. The SMILES string of the molecule is CC(C)c1cc(=S)nc(C2CSC(C)C(C)S2)[nH]1. The first kappa shape index (κ1) is 14.4. The van der Waals surface area contributed by atoms with Crippen LogP contribution in [0.25, 0.3) is 0 Å². The van der Waals surface area contributed by atoms with Crippen molar-refractivity contribution in [3.63, 3.8) is 0 Å². The van der Waals surface area contributed by atoms with Gasteiger partial charge in [-0.25, -0.2) is 4.98 Å². The van der Waals surface area contributed by atoms with Crippen molar-refractivity contribution < 1.29 is 0 Å². The molecule has 1 aliphatic rings. The van der Waals surface area contributed by atoms with Crippen LogP contribution in [0.15, 0.2) is 6.07 Å². The van der Waals surface area contributed by atoms with Gasteiger partial charge in [0, 0.05) is 21.9 Å². The zero-order chi connectivity index (χ0) is 13.3. The molecule has 0 radical (unpaired) electrons. The van der Waals surface area contributed by atoms with E-state index < -0.39 is 0 Å². The van der Waals surface area contributed by atoms with Crippen molar-refractivity contribution in [3.05, 3.63) is 22.2 Å². The second kappa shape index (κ2) is 5.97. The van der Waals surface area contributed by atoms with Crippen molar-refractivity contribution in [3.8, 4) is 0 Å². The summed E-state index contributed by atoms with van der Waals surface area (Å²) in [6.07, 6.45) is 0. The Bertz CT molecular complexity index is 470.